The molecule has 11 aromatic carbocycles. The molecule has 0 saturated heterocycles. The van der Waals surface area contributed by atoms with Crippen molar-refractivity contribution in [3.8, 4) is 39.1 Å². The summed E-state index contributed by atoms with van der Waals surface area (Å²) in [6.07, 6.45) is 0. The zero-order chi connectivity index (χ0) is 46.1. The van der Waals surface area contributed by atoms with Gasteiger partial charge in [0, 0.05) is 0 Å². The molecule has 1 nitrogen and oxygen atoms in total. The number of rotatable bonds is 4. The van der Waals surface area contributed by atoms with Crippen LogP contribution in [0.25, 0.3) is 123 Å². The molecule has 0 N–H and O–H groups in total. The summed E-state index contributed by atoms with van der Waals surface area (Å²) < 4.78 is 5.46. The maximum absolute atomic E-state index is 2.58. The van der Waals surface area contributed by atoms with Gasteiger partial charge in [0.15, 0.2) is 0 Å². The first-order chi connectivity index (χ1) is 33.0. The molecule has 0 bridgehead atoms. The van der Waals surface area contributed by atoms with Crippen LogP contribution < -0.4 is 0 Å². The van der Waals surface area contributed by atoms with Crippen LogP contribution in [0.1, 0.15) is 52.7 Å². The van der Waals surface area contributed by atoms with E-state index in [9.17, 15) is 0 Å². The maximum atomic E-state index is 2.58. The standard InChI is InChI=1S/C66H51NSe/c1-65(2,3)42-32-35-56-54(38-42)55-39-43(66(4,5)6)33-36-57(55)67(56)64-50-27-16-14-25-48(50)62(49-26-15-17-28-51(49)64)53-29-18-30-58-63(53)52-34-31-41(37-59(52)68-58)61-46-23-12-10-21-44(46)60(40-19-8-7-9-20-40)45-22-11-13-24-47(45)61/h7-39H,1-6H3. The minimum absolute atomic E-state index is 0.0274. The van der Waals surface area contributed by atoms with Gasteiger partial charge in [0.05, 0.1) is 0 Å². The van der Waals surface area contributed by atoms with Crippen LogP contribution >= 0.6 is 0 Å². The Morgan fingerprint density at radius 1 is 0.324 bits per heavy atom. The molecular formula is C66H51NSe. The van der Waals surface area contributed by atoms with Crippen LogP contribution in [-0.2, 0) is 10.8 Å². The van der Waals surface area contributed by atoms with Crippen LogP contribution in [-0.4, -0.2) is 19.1 Å². The summed E-state index contributed by atoms with van der Waals surface area (Å²) in [4.78, 5) is 0. The number of aromatic nitrogens is 1. The summed E-state index contributed by atoms with van der Waals surface area (Å²) in [5, 5.41) is 15.6. The van der Waals surface area contributed by atoms with Gasteiger partial charge in [-0.1, -0.05) is 41.5 Å². The fourth-order valence-electron chi connectivity index (χ4n) is 11.4. The molecule has 0 aliphatic heterocycles. The van der Waals surface area contributed by atoms with Crippen LogP contribution in [0.2, 0.25) is 0 Å². The molecule has 0 amide bonds. The van der Waals surface area contributed by atoms with E-state index in [-0.39, 0.29) is 25.3 Å². The third-order valence-corrected chi connectivity index (χ3v) is 17.0. The van der Waals surface area contributed by atoms with E-state index in [4.69, 9.17) is 0 Å². The summed E-state index contributed by atoms with van der Waals surface area (Å²) in [7, 11) is 0. The molecular weight excluding hydrogens is 886 g/mol. The van der Waals surface area contributed by atoms with Crippen molar-refractivity contribution in [1.29, 1.82) is 0 Å². The van der Waals surface area contributed by atoms with E-state index in [0.29, 0.717) is 0 Å². The van der Waals surface area contributed by atoms with Gasteiger partial charge in [-0.3, -0.25) is 0 Å². The molecule has 13 aromatic rings. The summed E-state index contributed by atoms with van der Waals surface area (Å²) >= 11 is 0.138. The average Bonchev–Trinajstić information content (AvgIpc) is 3.89. The Kier molecular flexibility index (Phi) is 9.13. The van der Waals surface area contributed by atoms with Gasteiger partial charge in [0.1, 0.15) is 0 Å². The third-order valence-electron chi connectivity index (χ3n) is 14.7. The molecule has 0 aliphatic carbocycles. The number of fused-ring (bicyclic) bond motifs is 10. The summed E-state index contributed by atoms with van der Waals surface area (Å²) in [6, 6.07) is 76.1. The van der Waals surface area contributed by atoms with Crippen molar-refractivity contribution < 1.29 is 0 Å². The molecule has 0 saturated carbocycles. The Morgan fingerprint density at radius 2 is 0.779 bits per heavy atom. The fraction of sp³-hybridized carbons (Fsp3) is 0.121. The van der Waals surface area contributed by atoms with Crippen LogP contribution in [0.15, 0.2) is 200 Å². The Labute approximate surface area is 403 Å². The van der Waals surface area contributed by atoms with Crippen molar-refractivity contribution in [3.63, 3.8) is 0 Å². The molecule has 0 fully saturated rings. The van der Waals surface area contributed by atoms with Gasteiger partial charge in [-0.2, -0.15) is 0 Å². The van der Waals surface area contributed by atoms with Crippen molar-refractivity contribution in [2.45, 2.75) is 52.4 Å². The predicted molar refractivity (Wildman–Crippen MR) is 296 cm³/mol. The Balaban J connectivity index is 1.06. The topological polar surface area (TPSA) is 4.93 Å². The minimum atomic E-state index is 0.0274. The van der Waals surface area contributed by atoms with Crippen molar-refractivity contribution in [2.24, 2.45) is 0 Å². The first-order valence-electron chi connectivity index (χ1n) is 24.0. The molecule has 0 aliphatic rings. The van der Waals surface area contributed by atoms with E-state index in [2.05, 4.69) is 246 Å². The molecule has 0 atom stereocenters. The second-order valence-corrected chi connectivity index (χ2v) is 23.1. The van der Waals surface area contributed by atoms with E-state index in [1.165, 1.54) is 134 Å². The number of hydrogen-bond acceptors (Lipinski definition) is 0. The zero-order valence-corrected chi connectivity index (χ0v) is 41.1. The van der Waals surface area contributed by atoms with E-state index >= 15 is 0 Å². The number of benzene rings is 11. The number of hydrogen-bond donors (Lipinski definition) is 0. The molecule has 0 unspecified atom stereocenters. The van der Waals surface area contributed by atoms with Crippen LogP contribution in [0.5, 0.6) is 0 Å². The van der Waals surface area contributed by atoms with E-state index in [0.717, 1.165) is 0 Å². The molecule has 326 valence electrons. The van der Waals surface area contributed by atoms with Crippen LogP contribution in [0.4, 0.5) is 0 Å². The second-order valence-electron chi connectivity index (χ2n) is 20.8. The molecule has 68 heavy (non-hydrogen) atoms. The summed E-state index contributed by atoms with van der Waals surface area (Å²) in [6.45, 7) is 13.9. The van der Waals surface area contributed by atoms with E-state index < -0.39 is 0 Å². The zero-order valence-electron chi connectivity index (χ0n) is 39.4. The first kappa shape index (κ1) is 41.0. The number of nitrogens with zero attached hydrogens (tertiary/aromatic N) is 1. The summed E-state index contributed by atoms with van der Waals surface area (Å²) in [5.74, 6) is 0. The Morgan fingerprint density at radius 3 is 1.28 bits per heavy atom. The Hall–Kier alpha value is -7.22. The van der Waals surface area contributed by atoms with Gasteiger partial charge in [-0.15, -0.1) is 0 Å². The molecule has 2 heterocycles. The van der Waals surface area contributed by atoms with Crippen molar-refractivity contribution >= 4 is 98.7 Å². The molecule has 0 radical (unpaired) electrons. The third kappa shape index (κ3) is 6.21. The monoisotopic (exact) mass is 937 g/mol. The molecule has 0 spiro atoms. The van der Waals surface area contributed by atoms with Gasteiger partial charge in [-0.25, -0.2) is 0 Å². The van der Waals surface area contributed by atoms with Crippen LogP contribution in [0, 0.1) is 0 Å². The van der Waals surface area contributed by atoms with Crippen molar-refractivity contribution in [2.75, 3.05) is 0 Å². The fourth-order valence-corrected chi connectivity index (χ4v) is 13.8. The SMILES string of the molecule is CC(C)(C)c1ccc2c(c1)c1cc(C(C)(C)C)ccc1n2-c1c2ccccc2c(-c2cccc3[se]c4cc(-c5c6ccccc6c(-c6ccccc6)c6ccccc56)ccc4c23)c2ccccc12. The van der Waals surface area contributed by atoms with Crippen LogP contribution in [0.3, 0.4) is 0 Å². The predicted octanol–water partition coefficient (Wildman–Crippen LogP) is 18.4. The first-order valence-corrected chi connectivity index (χ1v) is 25.7. The molecule has 2 aromatic heterocycles. The van der Waals surface area contributed by atoms with E-state index in [1.54, 1.807) is 0 Å². The quantitative estimate of drug-likeness (QED) is 0.122. The molecule has 2 heteroatoms. The van der Waals surface area contributed by atoms with Gasteiger partial charge >= 0.3 is 354 Å². The van der Waals surface area contributed by atoms with Crippen molar-refractivity contribution in [1.82, 2.24) is 4.57 Å². The van der Waals surface area contributed by atoms with Gasteiger partial charge in [0.25, 0.3) is 0 Å². The molecule has 13 rings (SSSR count). The van der Waals surface area contributed by atoms with Gasteiger partial charge in [-0.05, 0) is 10.8 Å². The Bertz CT molecular complexity index is 4020. The average molecular weight is 937 g/mol. The normalized spacial score (nSPS) is 12.6. The van der Waals surface area contributed by atoms with Gasteiger partial charge < -0.3 is 0 Å². The van der Waals surface area contributed by atoms with Crippen molar-refractivity contribution in [3.05, 3.63) is 211 Å². The summed E-state index contributed by atoms with van der Waals surface area (Å²) in [5.41, 5.74) is 14.2. The second kappa shape index (κ2) is 15.1. The van der Waals surface area contributed by atoms with E-state index in [1.807, 2.05) is 0 Å². The van der Waals surface area contributed by atoms with Gasteiger partial charge in [0.2, 0.25) is 0 Å².